The van der Waals surface area contributed by atoms with Crippen LogP contribution in [0.1, 0.15) is 5.76 Å². The van der Waals surface area contributed by atoms with Crippen molar-refractivity contribution in [2.75, 3.05) is 13.7 Å². The van der Waals surface area contributed by atoms with Gasteiger partial charge in [-0.2, -0.15) is 0 Å². The highest BCUT2D eigenvalue weighted by atomic mass is 16.7. The van der Waals surface area contributed by atoms with Crippen LogP contribution in [0.5, 0.6) is 5.75 Å². The molecule has 29 heavy (non-hydrogen) atoms. The van der Waals surface area contributed by atoms with Gasteiger partial charge in [-0.25, -0.2) is 0 Å². The van der Waals surface area contributed by atoms with Crippen molar-refractivity contribution >= 4 is 21.9 Å². The van der Waals surface area contributed by atoms with Gasteiger partial charge in [0.2, 0.25) is 0 Å². The molecule has 3 aromatic rings. The van der Waals surface area contributed by atoms with E-state index in [1.54, 1.807) is 12.1 Å². The topological polar surface area (TPSA) is 152 Å². The average Bonchev–Trinajstić information content (AvgIpc) is 3.18. The average molecular weight is 408 g/mol. The molecule has 0 saturated carbocycles. The quantitative estimate of drug-likeness (QED) is 0.449. The molecule has 1 aliphatic heterocycles. The molecule has 0 radical (unpaired) electrons. The molecule has 0 bridgehead atoms. The van der Waals surface area contributed by atoms with Crippen molar-refractivity contribution in [3.8, 4) is 5.75 Å². The van der Waals surface area contributed by atoms with Crippen molar-refractivity contribution in [2.24, 2.45) is 0 Å². The maximum absolute atomic E-state index is 12.6. The summed E-state index contributed by atoms with van der Waals surface area (Å²) in [5.74, 6) is 0.467. The third-order valence-electron chi connectivity index (χ3n) is 4.90. The number of ether oxygens (including phenoxy) is 3. The van der Waals surface area contributed by atoms with E-state index in [0.29, 0.717) is 16.7 Å². The number of hydrogen-bond donors (Lipinski definition) is 4. The van der Waals surface area contributed by atoms with Gasteiger partial charge in [-0.05, 0) is 6.07 Å². The van der Waals surface area contributed by atoms with Crippen molar-refractivity contribution in [3.63, 3.8) is 0 Å². The molecule has 0 aliphatic carbocycles. The number of aliphatic hydroxyl groups excluding tert-OH is 4. The largest absolute Gasteiger partial charge is 0.495 e. The minimum absolute atomic E-state index is 0.132. The molecule has 0 amide bonds. The molecular formula is C19H20O10. The monoisotopic (exact) mass is 408 g/mol. The predicted octanol–water partition coefficient (Wildman–Crippen LogP) is -0.136. The highest BCUT2D eigenvalue weighted by molar-refractivity contribution is 6.01. The Bertz CT molecular complexity index is 1070. The van der Waals surface area contributed by atoms with Crippen LogP contribution < -0.4 is 10.2 Å². The van der Waals surface area contributed by atoms with Crippen LogP contribution in [0.4, 0.5) is 0 Å². The molecule has 1 fully saturated rings. The number of hydrogen-bond acceptors (Lipinski definition) is 10. The lowest BCUT2D eigenvalue weighted by atomic mass is 9.99. The van der Waals surface area contributed by atoms with E-state index in [9.17, 15) is 25.2 Å². The Balaban J connectivity index is 1.62. The Kier molecular flexibility index (Phi) is 5.30. The molecule has 10 heteroatoms. The molecule has 5 atom stereocenters. The maximum Gasteiger partial charge on any atom is 0.196 e. The highest BCUT2D eigenvalue weighted by Gasteiger charge is 2.44. The Hall–Kier alpha value is -2.47. The Morgan fingerprint density at radius 1 is 1.10 bits per heavy atom. The Labute approximate surface area is 163 Å². The van der Waals surface area contributed by atoms with Crippen LogP contribution in [-0.2, 0) is 16.1 Å². The highest BCUT2D eigenvalue weighted by Crippen LogP contribution is 2.34. The summed E-state index contributed by atoms with van der Waals surface area (Å²) in [5, 5.41) is 39.8. The lowest BCUT2D eigenvalue weighted by Gasteiger charge is -2.39. The summed E-state index contributed by atoms with van der Waals surface area (Å²) in [5.41, 5.74) is 0.340. The first-order valence-corrected chi connectivity index (χ1v) is 8.87. The lowest BCUT2D eigenvalue weighted by molar-refractivity contribution is -0.304. The summed E-state index contributed by atoms with van der Waals surface area (Å²) in [6.45, 7) is -0.846. The number of furan rings is 1. The molecule has 1 aliphatic rings. The summed E-state index contributed by atoms with van der Waals surface area (Å²) in [6.07, 6.45) is -5.57. The van der Waals surface area contributed by atoms with Gasteiger partial charge in [0.25, 0.3) is 0 Å². The Morgan fingerprint density at radius 2 is 1.90 bits per heavy atom. The second-order valence-corrected chi connectivity index (χ2v) is 6.70. The molecular weight excluding hydrogens is 388 g/mol. The van der Waals surface area contributed by atoms with Crippen LogP contribution in [0, 0.1) is 0 Å². The molecule has 156 valence electrons. The number of aliphatic hydroxyl groups is 4. The van der Waals surface area contributed by atoms with Crippen molar-refractivity contribution in [1.29, 1.82) is 0 Å². The fourth-order valence-electron chi connectivity index (χ4n) is 3.41. The second kappa shape index (κ2) is 7.75. The molecule has 4 N–H and O–H groups in total. The van der Waals surface area contributed by atoms with Gasteiger partial charge in [-0.1, -0.05) is 0 Å². The number of methoxy groups -OCH3 is 1. The van der Waals surface area contributed by atoms with Gasteiger partial charge in [0.1, 0.15) is 59.1 Å². The minimum Gasteiger partial charge on any atom is -0.495 e. The standard InChI is InChI=1S/C19H20O10/c1-25-18-9-2-3-26-11(9)5-12-14(18)10(21)4-8(28-12)7-27-19-17(24)16(23)15(22)13(6-20)29-19/h2-5,13,15-17,19-20,22-24H,6-7H2,1H3/t13-,15+,16+,17-,19+/m0/s1. The fourth-order valence-corrected chi connectivity index (χ4v) is 3.41. The number of benzene rings is 1. The molecule has 1 saturated heterocycles. The smallest absolute Gasteiger partial charge is 0.196 e. The maximum atomic E-state index is 12.6. The lowest BCUT2D eigenvalue weighted by Crippen LogP contribution is -2.59. The van der Waals surface area contributed by atoms with E-state index in [0.717, 1.165) is 0 Å². The zero-order valence-corrected chi connectivity index (χ0v) is 15.3. The molecule has 0 unspecified atom stereocenters. The zero-order chi connectivity index (χ0) is 20.7. The van der Waals surface area contributed by atoms with Gasteiger partial charge in [-0.15, -0.1) is 0 Å². The summed E-state index contributed by atoms with van der Waals surface area (Å²) < 4.78 is 27.1. The van der Waals surface area contributed by atoms with E-state index in [4.69, 9.17) is 23.0 Å². The number of fused-ring (bicyclic) bond motifs is 2. The third kappa shape index (κ3) is 3.39. The summed E-state index contributed by atoms with van der Waals surface area (Å²) >= 11 is 0. The van der Waals surface area contributed by atoms with Crippen LogP contribution in [0.15, 0.2) is 38.1 Å². The van der Waals surface area contributed by atoms with Crippen molar-refractivity contribution in [3.05, 3.63) is 40.4 Å². The van der Waals surface area contributed by atoms with Gasteiger partial charge in [0.15, 0.2) is 11.7 Å². The van der Waals surface area contributed by atoms with Crippen molar-refractivity contribution in [1.82, 2.24) is 0 Å². The van der Waals surface area contributed by atoms with E-state index in [2.05, 4.69) is 0 Å². The molecule has 3 heterocycles. The third-order valence-corrected chi connectivity index (χ3v) is 4.90. The van der Waals surface area contributed by atoms with Crippen LogP contribution in [0.25, 0.3) is 21.9 Å². The van der Waals surface area contributed by atoms with Crippen LogP contribution in [0.3, 0.4) is 0 Å². The first-order chi connectivity index (χ1) is 13.9. The number of rotatable bonds is 5. The van der Waals surface area contributed by atoms with Gasteiger partial charge in [0.05, 0.1) is 25.4 Å². The molecule has 4 rings (SSSR count). The fraction of sp³-hybridized carbons (Fsp3) is 0.421. The SMILES string of the molecule is COc1c2ccoc2cc2oc(CO[C@@H]3O[C@@H](CO)[C@@H](O)[C@@H](O)[C@@H]3O)cc(=O)c12. The first kappa shape index (κ1) is 19.8. The zero-order valence-electron chi connectivity index (χ0n) is 15.3. The second-order valence-electron chi connectivity index (χ2n) is 6.70. The Morgan fingerprint density at radius 3 is 2.62 bits per heavy atom. The molecule has 10 nitrogen and oxygen atoms in total. The van der Waals surface area contributed by atoms with Gasteiger partial charge in [0, 0.05) is 12.1 Å². The molecule has 1 aromatic carbocycles. The summed E-state index contributed by atoms with van der Waals surface area (Å²) in [7, 11) is 1.44. The van der Waals surface area contributed by atoms with Crippen molar-refractivity contribution < 1.29 is 43.5 Å². The van der Waals surface area contributed by atoms with Gasteiger partial charge in [-0.3, -0.25) is 4.79 Å². The minimum atomic E-state index is -1.56. The van der Waals surface area contributed by atoms with Crippen LogP contribution >= 0.6 is 0 Å². The summed E-state index contributed by atoms with van der Waals surface area (Å²) in [4.78, 5) is 12.6. The van der Waals surface area contributed by atoms with E-state index in [1.807, 2.05) is 0 Å². The molecule has 0 spiro atoms. The van der Waals surface area contributed by atoms with E-state index in [-0.39, 0.29) is 28.8 Å². The van der Waals surface area contributed by atoms with Gasteiger partial charge >= 0.3 is 0 Å². The van der Waals surface area contributed by atoms with Gasteiger partial charge < -0.3 is 43.5 Å². The van der Waals surface area contributed by atoms with E-state index < -0.39 is 37.3 Å². The van der Waals surface area contributed by atoms with E-state index >= 15 is 0 Å². The first-order valence-electron chi connectivity index (χ1n) is 8.87. The van der Waals surface area contributed by atoms with E-state index in [1.165, 1.54) is 19.4 Å². The summed E-state index contributed by atoms with van der Waals surface area (Å²) in [6, 6.07) is 4.47. The predicted molar refractivity (Wildman–Crippen MR) is 97.4 cm³/mol. The molecule has 2 aromatic heterocycles. The van der Waals surface area contributed by atoms with Crippen LogP contribution in [-0.4, -0.2) is 64.8 Å². The normalized spacial score (nSPS) is 27.6. The van der Waals surface area contributed by atoms with Crippen molar-refractivity contribution in [2.45, 2.75) is 37.3 Å². The van der Waals surface area contributed by atoms with Crippen LogP contribution in [0.2, 0.25) is 0 Å².